The maximum atomic E-state index is 12.4. The van der Waals surface area contributed by atoms with E-state index in [-0.39, 0.29) is 24.5 Å². The van der Waals surface area contributed by atoms with Gasteiger partial charge in [0.05, 0.1) is 26.4 Å². The highest BCUT2D eigenvalue weighted by Gasteiger charge is 2.12. The van der Waals surface area contributed by atoms with Crippen molar-refractivity contribution in [3.05, 3.63) is 53.6 Å². The molecule has 142 valence electrons. The second-order valence-electron chi connectivity index (χ2n) is 5.54. The summed E-state index contributed by atoms with van der Waals surface area (Å²) >= 11 is 0. The third kappa shape index (κ3) is 5.21. The maximum Gasteiger partial charge on any atom is 0.303 e. The molecule has 0 aliphatic rings. The van der Waals surface area contributed by atoms with Crippen molar-refractivity contribution >= 4 is 23.3 Å². The molecular formula is C19H20N2O6. The highest BCUT2D eigenvalue weighted by Crippen LogP contribution is 2.27. The van der Waals surface area contributed by atoms with E-state index in [9.17, 15) is 9.59 Å². The highest BCUT2D eigenvalue weighted by molar-refractivity contribution is 6.05. The first-order chi connectivity index (χ1) is 13.0. The number of carbonyl (C=O) groups excluding carboxylic acids is 1. The molecule has 2 aromatic rings. The summed E-state index contributed by atoms with van der Waals surface area (Å²) in [4.78, 5) is 23.0. The van der Waals surface area contributed by atoms with Crippen molar-refractivity contribution in [3.8, 4) is 11.5 Å². The van der Waals surface area contributed by atoms with Crippen LogP contribution in [0.2, 0.25) is 0 Å². The first-order valence-corrected chi connectivity index (χ1v) is 8.05. The fourth-order valence-corrected chi connectivity index (χ4v) is 2.40. The van der Waals surface area contributed by atoms with E-state index in [1.54, 1.807) is 42.5 Å². The minimum Gasteiger partial charge on any atom is -0.493 e. The van der Waals surface area contributed by atoms with Crippen molar-refractivity contribution in [3.63, 3.8) is 0 Å². The molecule has 27 heavy (non-hydrogen) atoms. The number of nitrogens with one attached hydrogen (secondary N) is 1. The van der Waals surface area contributed by atoms with Gasteiger partial charge in [-0.05, 0) is 35.9 Å². The van der Waals surface area contributed by atoms with Crippen LogP contribution in [0.5, 0.6) is 11.5 Å². The van der Waals surface area contributed by atoms with Gasteiger partial charge in [-0.1, -0.05) is 17.3 Å². The number of hydrogen-bond donors (Lipinski definition) is 3. The van der Waals surface area contributed by atoms with E-state index in [0.717, 1.165) is 0 Å². The van der Waals surface area contributed by atoms with Crippen molar-refractivity contribution in [2.45, 2.75) is 12.8 Å². The first kappa shape index (κ1) is 19.8. The molecule has 8 nitrogen and oxygen atoms in total. The van der Waals surface area contributed by atoms with E-state index in [2.05, 4.69) is 10.5 Å². The molecular weight excluding hydrogens is 352 g/mol. The molecule has 8 heteroatoms. The zero-order valence-electron chi connectivity index (χ0n) is 14.9. The SMILES string of the molecule is COc1ccc(C(=O)Nc2ccc(/C(CCC(=O)O)=N/O)cc2)cc1OC. The number of amides is 1. The smallest absolute Gasteiger partial charge is 0.303 e. The van der Waals surface area contributed by atoms with Gasteiger partial charge in [-0.25, -0.2) is 0 Å². The van der Waals surface area contributed by atoms with Crippen molar-refractivity contribution in [2.24, 2.45) is 5.16 Å². The topological polar surface area (TPSA) is 117 Å². The Hall–Kier alpha value is -3.55. The van der Waals surface area contributed by atoms with Crippen LogP contribution in [-0.4, -0.2) is 42.1 Å². The van der Waals surface area contributed by atoms with Crippen molar-refractivity contribution < 1.29 is 29.4 Å². The van der Waals surface area contributed by atoms with E-state index < -0.39 is 5.97 Å². The summed E-state index contributed by atoms with van der Waals surface area (Å²) in [5.41, 5.74) is 1.77. The first-order valence-electron chi connectivity index (χ1n) is 8.05. The Bertz CT molecular complexity index is 846. The number of carbonyl (C=O) groups is 2. The van der Waals surface area contributed by atoms with Gasteiger partial charge in [-0.15, -0.1) is 0 Å². The quantitative estimate of drug-likeness (QED) is 0.372. The van der Waals surface area contributed by atoms with Gasteiger partial charge in [-0.2, -0.15) is 0 Å². The van der Waals surface area contributed by atoms with Gasteiger partial charge in [0.1, 0.15) is 0 Å². The Balaban J connectivity index is 2.09. The predicted molar refractivity (Wildman–Crippen MR) is 99.1 cm³/mol. The number of nitrogens with zero attached hydrogens (tertiary/aromatic N) is 1. The lowest BCUT2D eigenvalue weighted by molar-refractivity contribution is -0.136. The van der Waals surface area contributed by atoms with Crippen LogP contribution in [0.25, 0.3) is 0 Å². The van der Waals surface area contributed by atoms with Gasteiger partial charge < -0.3 is 25.1 Å². The second-order valence-corrected chi connectivity index (χ2v) is 5.54. The number of ether oxygens (including phenoxy) is 2. The molecule has 0 heterocycles. The summed E-state index contributed by atoms with van der Waals surface area (Å²) in [6.07, 6.45) is -0.0413. The summed E-state index contributed by atoms with van der Waals surface area (Å²) in [6, 6.07) is 11.4. The summed E-state index contributed by atoms with van der Waals surface area (Å²) < 4.78 is 10.3. The Morgan fingerprint density at radius 1 is 0.963 bits per heavy atom. The number of rotatable bonds is 8. The van der Waals surface area contributed by atoms with Gasteiger partial charge in [0.2, 0.25) is 0 Å². The van der Waals surface area contributed by atoms with Crippen LogP contribution >= 0.6 is 0 Å². The van der Waals surface area contributed by atoms with E-state index >= 15 is 0 Å². The number of carboxylic acids is 1. The standard InChI is InChI=1S/C19H20N2O6/c1-26-16-9-5-13(11-17(16)27-2)19(24)20-14-6-3-12(4-7-14)15(21-25)8-10-18(22)23/h3-7,9,11,25H,8,10H2,1-2H3,(H,20,24)(H,22,23)/b21-15+. The van der Waals surface area contributed by atoms with Gasteiger partial charge >= 0.3 is 5.97 Å². The fraction of sp³-hybridized carbons (Fsp3) is 0.211. The van der Waals surface area contributed by atoms with E-state index in [1.807, 2.05) is 0 Å². The van der Waals surface area contributed by atoms with Crippen molar-refractivity contribution in [1.82, 2.24) is 0 Å². The van der Waals surface area contributed by atoms with Gasteiger partial charge in [-0.3, -0.25) is 9.59 Å². The average molecular weight is 372 g/mol. The molecule has 0 saturated carbocycles. The lowest BCUT2D eigenvalue weighted by Gasteiger charge is -2.10. The highest BCUT2D eigenvalue weighted by atomic mass is 16.5. The lowest BCUT2D eigenvalue weighted by Crippen LogP contribution is -2.12. The molecule has 0 unspecified atom stereocenters. The molecule has 2 aromatic carbocycles. The third-order valence-corrected chi connectivity index (χ3v) is 3.82. The Morgan fingerprint density at radius 3 is 2.15 bits per heavy atom. The number of anilines is 1. The number of aliphatic carboxylic acids is 1. The van der Waals surface area contributed by atoms with Gasteiger partial charge in [0.15, 0.2) is 11.5 Å². The molecule has 3 N–H and O–H groups in total. The largest absolute Gasteiger partial charge is 0.493 e. The monoisotopic (exact) mass is 372 g/mol. The fourth-order valence-electron chi connectivity index (χ4n) is 2.40. The summed E-state index contributed by atoms with van der Waals surface area (Å²) in [7, 11) is 3.00. The van der Waals surface area contributed by atoms with Crippen LogP contribution in [0.3, 0.4) is 0 Å². The van der Waals surface area contributed by atoms with Crippen LogP contribution in [-0.2, 0) is 4.79 Å². The molecule has 0 atom stereocenters. The number of benzene rings is 2. The minimum absolute atomic E-state index is 0.100. The van der Waals surface area contributed by atoms with Crippen molar-refractivity contribution in [2.75, 3.05) is 19.5 Å². The van der Waals surface area contributed by atoms with Gasteiger partial charge in [0.25, 0.3) is 5.91 Å². The van der Waals surface area contributed by atoms with E-state index in [4.69, 9.17) is 19.8 Å². The van der Waals surface area contributed by atoms with E-state index in [1.165, 1.54) is 14.2 Å². The van der Waals surface area contributed by atoms with Crippen LogP contribution < -0.4 is 14.8 Å². The predicted octanol–water partition coefficient (Wildman–Crippen LogP) is 3.00. The Kier molecular flexibility index (Phi) is 6.76. The molecule has 0 aliphatic carbocycles. The van der Waals surface area contributed by atoms with Crippen molar-refractivity contribution in [1.29, 1.82) is 0 Å². The number of hydrogen-bond acceptors (Lipinski definition) is 6. The number of oxime groups is 1. The average Bonchev–Trinajstić information content (AvgIpc) is 2.68. The Labute approximate surface area is 156 Å². The molecule has 0 saturated heterocycles. The minimum atomic E-state index is -0.977. The summed E-state index contributed by atoms with van der Waals surface area (Å²) in [6.45, 7) is 0. The van der Waals surface area contributed by atoms with Crippen LogP contribution in [0, 0.1) is 0 Å². The lowest BCUT2D eigenvalue weighted by atomic mass is 10.1. The molecule has 2 rings (SSSR count). The molecule has 1 amide bonds. The maximum absolute atomic E-state index is 12.4. The second kappa shape index (κ2) is 9.23. The zero-order chi connectivity index (χ0) is 19.8. The molecule has 0 aliphatic heterocycles. The molecule has 0 aromatic heterocycles. The van der Waals surface area contributed by atoms with Gasteiger partial charge in [0, 0.05) is 17.7 Å². The van der Waals surface area contributed by atoms with E-state index in [0.29, 0.717) is 28.3 Å². The third-order valence-electron chi connectivity index (χ3n) is 3.82. The Morgan fingerprint density at radius 2 is 1.59 bits per heavy atom. The van der Waals surface area contributed by atoms with Crippen LogP contribution in [0.15, 0.2) is 47.6 Å². The molecule has 0 radical (unpaired) electrons. The zero-order valence-corrected chi connectivity index (χ0v) is 14.9. The van der Waals surface area contributed by atoms with Crippen LogP contribution in [0.1, 0.15) is 28.8 Å². The number of methoxy groups -OCH3 is 2. The number of carboxylic acid groups (broad SMARTS) is 1. The molecule has 0 spiro atoms. The normalized spacial score (nSPS) is 11.0. The molecule has 0 bridgehead atoms. The molecule has 0 fully saturated rings. The van der Waals surface area contributed by atoms with Crippen LogP contribution in [0.4, 0.5) is 5.69 Å². The summed E-state index contributed by atoms with van der Waals surface area (Å²) in [5, 5.41) is 23.7. The summed E-state index contributed by atoms with van der Waals surface area (Å²) in [5.74, 6) is -0.334.